The third kappa shape index (κ3) is 2.48. The topological polar surface area (TPSA) is 103 Å². The number of nitrogens with one attached hydrogen (secondary N) is 1. The number of nitrogens with two attached hydrogens (primary N) is 2. The van der Waals surface area contributed by atoms with Gasteiger partial charge in [-0.2, -0.15) is 0 Å². The van der Waals surface area contributed by atoms with Gasteiger partial charge < -0.3 is 5.11 Å². The van der Waals surface area contributed by atoms with E-state index in [1.807, 2.05) is 0 Å². The van der Waals surface area contributed by atoms with Crippen molar-refractivity contribution in [2.24, 2.45) is 11.5 Å². The van der Waals surface area contributed by atoms with Crippen LogP contribution in [0, 0.1) is 0 Å². The number of aromatic carboxylic acids is 1. The van der Waals surface area contributed by atoms with Crippen LogP contribution in [-0.2, 0) is 0 Å². The molecule has 5 heteroatoms. The highest BCUT2D eigenvalue weighted by atomic mass is 16.4. The lowest BCUT2D eigenvalue weighted by molar-refractivity contribution is -0.356. The maximum Gasteiger partial charge on any atom is 0.343 e. The second kappa shape index (κ2) is 3.57. The molecule has 0 aromatic heterocycles. The number of carboxylic acids is 1. The average molecular weight is 180 g/mol. The van der Waals surface area contributed by atoms with Gasteiger partial charge in [-0.1, -0.05) is 0 Å². The molecule has 0 saturated carbocycles. The molecule has 0 aliphatic rings. The first kappa shape index (κ1) is 9.05. The molecular formula is C8H10N3O2+. The van der Waals surface area contributed by atoms with E-state index in [1.165, 1.54) is 12.1 Å². The minimum Gasteiger partial charge on any atom is -0.478 e. The Bertz CT molecular complexity index is 339. The van der Waals surface area contributed by atoms with Crippen LogP contribution < -0.4 is 16.5 Å². The monoisotopic (exact) mass is 180 g/mol. The SMILES string of the molecule is NC(N)=[NH+]c1ccc(C(=O)O)cc1. The van der Waals surface area contributed by atoms with Gasteiger partial charge in [0, 0.05) is 0 Å². The van der Waals surface area contributed by atoms with Crippen LogP contribution in [0.1, 0.15) is 10.4 Å². The Morgan fingerprint density at radius 3 is 2.15 bits per heavy atom. The molecule has 1 rings (SSSR count). The first-order chi connectivity index (χ1) is 6.09. The second-order valence-electron chi connectivity index (χ2n) is 2.46. The van der Waals surface area contributed by atoms with E-state index in [4.69, 9.17) is 16.6 Å². The maximum atomic E-state index is 10.5. The standard InChI is InChI=1S/C8H9N3O2/c9-8(10)11-6-3-1-5(2-4-6)7(12)13/h1-4H,(H,12,13)(H4,9,10,11)/p+1. The third-order valence-electron chi connectivity index (χ3n) is 1.42. The zero-order chi connectivity index (χ0) is 9.84. The zero-order valence-electron chi connectivity index (χ0n) is 6.82. The van der Waals surface area contributed by atoms with Crippen molar-refractivity contribution in [3.63, 3.8) is 0 Å². The molecule has 13 heavy (non-hydrogen) atoms. The van der Waals surface area contributed by atoms with Crippen LogP contribution in [0.3, 0.4) is 0 Å². The molecule has 0 unspecified atom stereocenters. The van der Waals surface area contributed by atoms with E-state index >= 15 is 0 Å². The number of hydrogen-bond donors (Lipinski definition) is 4. The van der Waals surface area contributed by atoms with Gasteiger partial charge in [0.1, 0.15) is 0 Å². The Balaban J connectivity index is 2.94. The van der Waals surface area contributed by atoms with Gasteiger partial charge in [-0.05, 0) is 24.3 Å². The van der Waals surface area contributed by atoms with Gasteiger partial charge in [0.15, 0.2) is 0 Å². The Kier molecular flexibility index (Phi) is 2.49. The molecule has 0 spiro atoms. The number of guanidine groups is 1. The summed E-state index contributed by atoms with van der Waals surface area (Å²) in [5.41, 5.74) is 11.3. The fraction of sp³-hybridized carbons (Fsp3) is 0. The van der Waals surface area contributed by atoms with Crippen molar-refractivity contribution >= 4 is 17.6 Å². The quantitative estimate of drug-likeness (QED) is 0.324. The van der Waals surface area contributed by atoms with E-state index in [0.717, 1.165) is 0 Å². The summed E-state index contributed by atoms with van der Waals surface area (Å²) >= 11 is 0. The Morgan fingerprint density at radius 2 is 1.77 bits per heavy atom. The Morgan fingerprint density at radius 1 is 1.23 bits per heavy atom. The zero-order valence-corrected chi connectivity index (χ0v) is 6.82. The van der Waals surface area contributed by atoms with Gasteiger partial charge in [-0.3, -0.25) is 11.5 Å². The molecule has 68 valence electrons. The highest BCUT2D eigenvalue weighted by Gasteiger charge is 2.01. The summed E-state index contributed by atoms with van der Waals surface area (Å²) in [6.07, 6.45) is 0. The molecule has 0 aliphatic heterocycles. The van der Waals surface area contributed by atoms with Gasteiger partial charge in [-0.25, -0.2) is 9.79 Å². The largest absolute Gasteiger partial charge is 0.478 e. The highest BCUT2D eigenvalue weighted by Crippen LogP contribution is 2.03. The van der Waals surface area contributed by atoms with E-state index < -0.39 is 5.97 Å². The summed E-state index contributed by atoms with van der Waals surface area (Å²) in [4.78, 5) is 13.1. The lowest BCUT2D eigenvalue weighted by atomic mass is 10.2. The van der Waals surface area contributed by atoms with Crippen molar-refractivity contribution in [3.05, 3.63) is 29.8 Å². The number of benzene rings is 1. The number of hydrogen-bond acceptors (Lipinski definition) is 1. The lowest BCUT2D eigenvalue weighted by Gasteiger charge is -1.94. The fourth-order valence-corrected chi connectivity index (χ4v) is 0.863. The third-order valence-corrected chi connectivity index (χ3v) is 1.42. The lowest BCUT2D eigenvalue weighted by Crippen LogP contribution is -2.72. The van der Waals surface area contributed by atoms with Crippen LogP contribution in [0.2, 0.25) is 0 Å². The van der Waals surface area contributed by atoms with Gasteiger partial charge >= 0.3 is 11.9 Å². The predicted octanol–water partition coefficient (Wildman–Crippen LogP) is -1.63. The van der Waals surface area contributed by atoms with Crippen LogP contribution in [0.5, 0.6) is 0 Å². The Labute approximate surface area is 74.7 Å². The highest BCUT2D eigenvalue weighted by molar-refractivity contribution is 5.87. The first-order valence-corrected chi connectivity index (χ1v) is 3.58. The van der Waals surface area contributed by atoms with Crippen molar-refractivity contribution in [1.29, 1.82) is 0 Å². The van der Waals surface area contributed by atoms with Crippen LogP contribution >= 0.6 is 0 Å². The summed E-state index contributed by atoms with van der Waals surface area (Å²) in [5, 5.41) is 8.58. The molecule has 5 nitrogen and oxygen atoms in total. The van der Waals surface area contributed by atoms with E-state index in [9.17, 15) is 4.79 Å². The maximum absolute atomic E-state index is 10.5. The molecule has 0 fully saturated rings. The molecule has 0 amide bonds. The van der Waals surface area contributed by atoms with Crippen LogP contribution in [0.15, 0.2) is 24.3 Å². The van der Waals surface area contributed by atoms with Crippen LogP contribution in [0.4, 0.5) is 5.69 Å². The fourth-order valence-electron chi connectivity index (χ4n) is 0.863. The van der Waals surface area contributed by atoms with E-state index in [2.05, 4.69) is 4.99 Å². The molecule has 0 heterocycles. The molecule has 1 aromatic carbocycles. The van der Waals surface area contributed by atoms with Crippen molar-refractivity contribution < 1.29 is 14.9 Å². The molecule has 0 bridgehead atoms. The van der Waals surface area contributed by atoms with Crippen LogP contribution in [0.25, 0.3) is 0 Å². The molecule has 1 aromatic rings. The summed E-state index contributed by atoms with van der Waals surface area (Å²) in [6.45, 7) is 0. The molecule has 0 aliphatic carbocycles. The molecule has 0 saturated heterocycles. The number of carboxylic acid groups (broad SMARTS) is 1. The van der Waals surface area contributed by atoms with E-state index in [1.54, 1.807) is 12.1 Å². The van der Waals surface area contributed by atoms with Crippen molar-refractivity contribution in [3.8, 4) is 0 Å². The van der Waals surface area contributed by atoms with E-state index in [0.29, 0.717) is 5.69 Å². The van der Waals surface area contributed by atoms with Gasteiger partial charge in [0.05, 0.1) is 11.3 Å². The molecule has 6 N–H and O–H groups in total. The second-order valence-corrected chi connectivity index (χ2v) is 2.46. The predicted molar refractivity (Wildman–Crippen MR) is 47.4 cm³/mol. The van der Waals surface area contributed by atoms with Crippen molar-refractivity contribution in [2.75, 3.05) is 0 Å². The van der Waals surface area contributed by atoms with Crippen LogP contribution in [-0.4, -0.2) is 17.0 Å². The minimum atomic E-state index is -0.962. The normalized spacial score (nSPS) is 9.23. The summed E-state index contributed by atoms with van der Waals surface area (Å²) in [7, 11) is 0. The first-order valence-electron chi connectivity index (χ1n) is 3.58. The van der Waals surface area contributed by atoms with Gasteiger partial charge in [-0.15, -0.1) is 0 Å². The van der Waals surface area contributed by atoms with Crippen molar-refractivity contribution in [2.45, 2.75) is 0 Å². The number of carbonyl (C=O) groups is 1. The minimum absolute atomic E-state index is 0.0723. The molecular weight excluding hydrogens is 170 g/mol. The molecule has 0 radical (unpaired) electrons. The number of rotatable bonds is 2. The summed E-state index contributed by atoms with van der Waals surface area (Å²) in [6, 6.07) is 6.10. The smallest absolute Gasteiger partial charge is 0.343 e. The summed E-state index contributed by atoms with van der Waals surface area (Å²) < 4.78 is 0. The Hall–Kier alpha value is -2.04. The van der Waals surface area contributed by atoms with Gasteiger partial charge in [0.2, 0.25) is 0 Å². The van der Waals surface area contributed by atoms with Gasteiger partial charge in [0.25, 0.3) is 0 Å². The van der Waals surface area contributed by atoms with Crippen molar-refractivity contribution in [1.82, 2.24) is 0 Å². The summed E-state index contributed by atoms with van der Waals surface area (Å²) in [5.74, 6) is -0.890. The average Bonchev–Trinajstić information content (AvgIpc) is 2.04. The van der Waals surface area contributed by atoms with E-state index in [-0.39, 0.29) is 11.5 Å². The molecule has 0 atom stereocenters.